The van der Waals surface area contributed by atoms with Crippen LogP contribution < -0.4 is 0 Å². The first-order chi connectivity index (χ1) is 10.2. The van der Waals surface area contributed by atoms with Gasteiger partial charge in [0.25, 0.3) is 0 Å². The summed E-state index contributed by atoms with van der Waals surface area (Å²) >= 11 is 0. The third-order valence-electron chi connectivity index (χ3n) is 4.82. The van der Waals surface area contributed by atoms with E-state index in [0.717, 1.165) is 43.8 Å². The van der Waals surface area contributed by atoms with Crippen LogP contribution in [0.4, 0.5) is 0 Å². The third kappa shape index (κ3) is 3.81. The Hall–Kier alpha value is -1.43. The van der Waals surface area contributed by atoms with Gasteiger partial charge < -0.3 is 0 Å². The van der Waals surface area contributed by atoms with Crippen LogP contribution in [0.25, 0.3) is 0 Å². The van der Waals surface area contributed by atoms with Crippen molar-refractivity contribution in [1.29, 1.82) is 5.26 Å². The summed E-state index contributed by atoms with van der Waals surface area (Å²) in [4.78, 5) is 9.07. The van der Waals surface area contributed by atoms with Crippen LogP contribution in [0.5, 0.6) is 0 Å². The van der Waals surface area contributed by atoms with Crippen LogP contribution in [-0.2, 0) is 11.8 Å². The van der Waals surface area contributed by atoms with E-state index in [1.165, 1.54) is 31.2 Å². The summed E-state index contributed by atoms with van der Waals surface area (Å²) in [5.74, 6) is 1.54. The molecule has 0 radical (unpaired) electrons. The first-order valence-electron chi connectivity index (χ1n) is 8.46. The molecule has 0 saturated heterocycles. The van der Waals surface area contributed by atoms with E-state index >= 15 is 0 Å². The highest BCUT2D eigenvalue weighted by molar-refractivity contribution is 5.22. The Kier molecular flexibility index (Phi) is 5.73. The maximum atomic E-state index is 9.69. The van der Waals surface area contributed by atoms with Crippen molar-refractivity contribution in [2.75, 3.05) is 0 Å². The number of aryl methyl sites for hydroxylation is 1. The second-order valence-electron chi connectivity index (χ2n) is 6.44. The lowest BCUT2D eigenvalue weighted by molar-refractivity contribution is 0.257. The molecule has 1 heterocycles. The van der Waals surface area contributed by atoms with E-state index in [1.807, 2.05) is 12.4 Å². The average molecular weight is 285 g/mol. The fourth-order valence-electron chi connectivity index (χ4n) is 3.36. The molecule has 21 heavy (non-hydrogen) atoms. The highest BCUT2D eigenvalue weighted by Crippen LogP contribution is 2.40. The molecule has 1 aromatic rings. The fraction of sp³-hybridized carbons (Fsp3) is 0.722. The van der Waals surface area contributed by atoms with E-state index in [1.54, 1.807) is 0 Å². The molecule has 3 nitrogen and oxygen atoms in total. The predicted molar refractivity (Wildman–Crippen MR) is 84.8 cm³/mol. The lowest BCUT2D eigenvalue weighted by Crippen LogP contribution is -2.32. The summed E-state index contributed by atoms with van der Waals surface area (Å²) in [6.45, 7) is 4.43. The second-order valence-corrected chi connectivity index (χ2v) is 6.44. The van der Waals surface area contributed by atoms with Crippen LogP contribution in [0.3, 0.4) is 0 Å². The number of hydrogen-bond acceptors (Lipinski definition) is 3. The third-order valence-corrected chi connectivity index (χ3v) is 4.82. The molecular formula is C18H27N3. The molecule has 1 saturated carbocycles. The molecule has 0 aromatic carbocycles. The van der Waals surface area contributed by atoms with Gasteiger partial charge in [-0.1, -0.05) is 33.1 Å². The Balaban J connectivity index is 2.06. The van der Waals surface area contributed by atoms with E-state index in [9.17, 15) is 5.26 Å². The van der Waals surface area contributed by atoms with Gasteiger partial charge in [0.05, 0.1) is 6.07 Å². The SMILES string of the molecule is CCCCc1cnc([C@]2(C#N)CC[C@H](CCC)CC2)nc1. The van der Waals surface area contributed by atoms with Gasteiger partial charge in [0.15, 0.2) is 0 Å². The van der Waals surface area contributed by atoms with E-state index in [4.69, 9.17) is 0 Å². The topological polar surface area (TPSA) is 49.6 Å². The van der Waals surface area contributed by atoms with Gasteiger partial charge in [-0.05, 0) is 50.0 Å². The van der Waals surface area contributed by atoms with Crippen molar-refractivity contribution in [2.24, 2.45) is 5.92 Å². The molecule has 0 bridgehead atoms. The minimum atomic E-state index is -0.437. The molecule has 1 aromatic heterocycles. The van der Waals surface area contributed by atoms with Gasteiger partial charge in [0.1, 0.15) is 11.2 Å². The monoisotopic (exact) mass is 285 g/mol. The minimum absolute atomic E-state index is 0.437. The predicted octanol–water partition coefficient (Wildman–Crippen LogP) is 4.57. The van der Waals surface area contributed by atoms with E-state index in [-0.39, 0.29) is 0 Å². The summed E-state index contributed by atoms with van der Waals surface area (Å²) in [5, 5.41) is 9.69. The molecule has 0 atom stereocenters. The van der Waals surface area contributed by atoms with E-state index < -0.39 is 5.41 Å². The van der Waals surface area contributed by atoms with Gasteiger partial charge in [-0.2, -0.15) is 5.26 Å². The van der Waals surface area contributed by atoms with Crippen molar-refractivity contribution in [3.63, 3.8) is 0 Å². The van der Waals surface area contributed by atoms with Crippen LogP contribution in [0.15, 0.2) is 12.4 Å². The van der Waals surface area contributed by atoms with Crippen LogP contribution in [0.1, 0.15) is 76.6 Å². The van der Waals surface area contributed by atoms with E-state index in [0.29, 0.717) is 0 Å². The lowest BCUT2D eigenvalue weighted by atomic mass is 9.70. The first kappa shape index (κ1) is 15.9. The zero-order valence-electron chi connectivity index (χ0n) is 13.4. The van der Waals surface area contributed by atoms with Gasteiger partial charge in [-0.25, -0.2) is 9.97 Å². The quantitative estimate of drug-likeness (QED) is 0.769. The molecular weight excluding hydrogens is 258 g/mol. The van der Waals surface area contributed by atoms with Crippen molar-refractivity contribution in [2.45, 2.75) is 77.0 Å². The molecule has 0 amide bonds. The Labute approximate surface area is 128 Å². The number of rotatable bonds is 6. The lowest BCUT2D eigenvalue weighted by Gasteiger charge is -2.33. The first-order valence-corrected chi connectivity index (χ1v) is 8.46. The molecule has 3 heteroatoms. The standard InChI is InChI=1S/C18H27N3/c1-3-5-7-16-12-20-17(21-13-16)18(14-19)10-8-15(6-4-2)9-11-18/h12-13,15H,3-11H2,1-2H3/t15-,18+. The summed E-state index contributed by atoms with van der Waals surface area (Å²) in [7, 11) is 0. The molecule has 0 unspecified atom stereocenters. The summed E-state index contributed by atoms with van der Waals surface area (Å²) in [6.07, 6.45) is 13.9. The number of nitrogens with zero attached hydrogens (tertiary/aromatic N) is 3. The van der Waals surface area contributed by atoms with Crippen LogP contribution in [0, 0.1) is 17.2 Å². The minimum Gasteiger partial charge on any atom is -0.239 e. The Bertz CT molecular complexity index is 464. The normalized spacial score (nSPS) is 25.5. The number of unbranched alkanes of at least 4 members (excludes halogenated alkanes) is 1. The Morgan fingerprint density at radius 2 is 1.86 bits per heavy atom. The van der Waals surface area contributed by atoms with Crippen LogP contribution >= 0.6 is 0 Å². The van der Waals surface area contributed by atoms with Gasteiger partial charge in [0.2, 0.25) is 0 Å². The van der Waals surface area contributed by atoms with Crippen molar-refractivity contribution in [3.05, 3.63) is 23.8 Å². The zero-order valence-corrected chi connectivity index (χ0v) is 13.4. The van der Waals surface area contributed by atoms with Crippen LogP contribution in [0.2, 0.25) is 0 Å². The zero-order chi connectivity index (χ0) is 15.1. The molecule has 1 fully saturated rings. The van der Waals surface area contributed by atoms with Gasteiger partial charge in [-0.3, -0.25) is 0 Å². The molecule has 0 aliphatic heterocycles. The molecule has 0 N–H and O–H groups in total. The summed E-state index contributed by atoms with van der Waals surface area (Å²) < 4.78 is 0. The maximum Gasteiger partial charge on any atom is 0.148 e. The summed E-state index contributed by atoms with van der Waals surface area (Å²) in [5.41, 5.74) is 0.751. The Morgan fingerprint density at radius 3 is 2.38 bits per heavy atom. The Morgan fingerprint density at radius 1 is 1.19 bits per heavy atom. The highest BCUT2D eigenvalue weighted by Gasteiger charge is 2.39. The van der Waals surface area contributed by atoms with Gasteiger partial charge >= 0.3 is 0 Å². The molecule has 1 aliphatic rings. The van der Waals surface area contributed by atoms with Crippen LogP contribution in [-0.4, -0.2) is 9.97 Å². The largest absolute Gasteiger partial charge is 0.239 e. The number of hydrogen-bond donors (Lipinski definition) is 0. The molecule has 114 valence electrons. The fourth-order valence-corrected chi connectivity index (χ4v) is 3.36. The van der Waals surface area contributed by atoms with E-state index in [2.05, 4.69) is 29.9 Å². The van der Waals surface area contributed by atoms with Gasteiger partial charge in [-0.15, -0.1) is 0 Å². The van der Waals surface area contributed by atoms with Crippen molar-refractivity contribution >= 4 is 0 Å². The number of nitriles is 1. The number of aromatic nitrogens is 2. The van der Waals surface area contributed by atoms with Gasteiger partial charge in [0, 0.05) is 12.4 Å². The van der Waals surface area contributed by atoms with Crippen molar-refractivity contribution < 1.29 is 0 Å². The van der Waals surface area contributed by atoms with Crippen molar-refractivity contribution in [1.82, 2.24) is 9.97 Å². The molecule has 1 aliphatic carbocycles. The van der Waals surface area contributed by atoms with Crippen molar-refractivity contribution in [3.8, 4) is 6.07 Å². The average Bonchev–Trinajstić information content (AvgIpc) is 2.55. The maximum absolute atomic E-state index is 9.69. The summed E-state index contributed by atoms with van der Waals surface area (Å²) in [6, 6.07) is 2.53. The smallest absolute Gasteiger partial charge is 0.148 e. The molecule has 0 spiro atoms. The molecule has 2 rings (SSSR count). The second kappa shape index (κ2) is 7.54. The highest BCUT2D eigenvalue weighted by atomic mass is 14.9.